The maximum Gasteiger partial charge on any atom is 0.0715 e. The summed E-state index contributed by atoms with van der Waals surface area (Å²) in [7, 11) is 0. The molecule has 2 nitrogen and oxygen atoms in total. The van der Waals surface area contributed by atoms with Crippen molar-refractivity contribution < 1.29 is 5.11 Å². The Kier molecular flexibility index (Phi) is 2.56. The van der Waals surface area contributed by atoms with Gasteiger partial charge in [-0.1, -0.05) is 0 Å². The van der Waals surface area contributed by atoms with E-state index >= 15 is 0 Å². The fourth-order valence-electron chi connectivity index (χ4n) is 4.63. The molecule has 4 bridgehead atoms. The average Bonchev–Trinajstić information content (AvgIpc) is 2.13. The summed E-state index contributed by atoms with van der Waals surface area (Å²) in [5.41, 5.74) is -0.561. The molecule has 0 unspecified atom stereocenters. The van der Waals surface area contributed by atoms with Crippen LogP contribution >= 0.6 is 0 Å². The molecule has 92 valence electrons. The lowest BCUT2D eigenvalue weighted by Gasteiger charge is -2.55. The van der Waals surface area contributed by atoms with Crippen molar-refractivity contribution in [1.82, 2.24) is 5.32 Å². The topological polar surface area (TPSA) is 32.3 Å². The van der Waals surface area contributed by atoms with E-state index in [4.69, 9.17) is 0 Å². The van der Waals surface area contributed by atoms with E-state index in [0.29, 0.717) is 6.04 Å². The Morgan fingerprint density at radius 2 is 1.50 bits per heavy atom. The monoisotopic (exact) mass is 223 g/mol. The molecule has 4 aliphatic rings. The third-order valence-electron chi connectivity index (χ3n) is 5.00. The van der Waals surface area contributed by atoms with Gasteiger partial charge in [-0.2, -0.15) is 0 Å². The van der Waals surface area contributed by atoms with Gasteiger partial charge in [0.15, 0.2) is 0 Å². The van der Waals surface area contributed by atoms with Gasteiger partial charge in [0.2, 0.25) is 0 Å². The first-order valence-electron chi connectivity index (χ1n) is 6.97. The summed E-state index contributed by atoms with van der Waals surface area (Å²) in [6, 6.07) is 0.708. The molecule has 4 saturated carbocycles. The van der Waals surface area contributed by atoms with Gasteiger partial charge in [-0.15, -0.1) is 0 Å². The van der Waals surface area contributed by atoms with E-state index in [2.05, 4.69) is 5.32 Å². The number of hydrogen-bond acceptors (Lipinski definition) is 2. The van der Waals surface area contributed by atoms with Crippen molar-refractivity contribution in [1.29, 1.82) is 0 Å². The average molecular weight is 223 g/mol. The minimum absolute atomic E-state index is 0.561. The van der Waals surface area contributed by atoms with Gasteiger partial charge in [0.1, 0.15) is 0 Å². The van der Waals surface area contributed by atoms with E-state index < -0.39 is 5.60 Å². The van der Waals surface area contributed by atoms with Gasteiger partial charge in [0, 0.05) is 12.6 Å². The van der Waals surface area contributed by atoms with E-state index in [1.54, 1.807) is 0 Å². The predicted molar refractivity (Wildman–Crippen MR) is 65.1 cm³/mol. The van der Waals surface area contributed by atoms with Gasteiger partial charge in [-0.3, -0.25) is 0 Å². The maximum atomic E-state index is 9.81. The Bertz CT molecular complexity index is 240. The van der Waals surface area contributed by atoms with Crippen molar-refractivity contribution in [3.8, 4) is 0 Å². The van der Waals surface area contributed by atoms with E-state index in [-0.39, 0.29) is 0 Å². The lowest BCUT2D eigenvalue weighted by molar-refractivity contribution is -0.0230. The molecular formula is C14H25NO. The molecule has 16 heavy (non-hydrogen) atoms. The summed E-state index contributed by atoms with van der Waals surface area (Å²) < 4.78 is 0. The van der Waals surface area contributed by atoms with Gasteiger partial charge < -0.3 is 10.4 Å². The van der Waals surface area contributed by atoms with Gasteiger partial charge in [-0.05, 0) is 69.6 Å². The van der Waals surface area contributed by atoms with Gasteiger partial charge in [0.05, 0.1) is 5.60 Å². The smallest absolute Gasteiger partial charge is 0.0715 e. The molecule has 0 aromatic heterocycles. The third-order valence-corrected chi connectivity index (χ3v) is 5.00. The minimum Gasteiger partial charge on any atom is -0.389 e. The maximum absolute atomic E-state index is 9.81. The van der Waals surface area contributed by atoms with Crippen LogP contribution in [0, 0.1) is 23.7 Å². The first-order chi connectivity index (χ1) is 7.51. The third kappa shape index (κ3) is 2.02. The molecule has 0 saturated heterocycles. The number of aliphatic hydroxyl groups is 1. The van der Waals surface area contributed by atoms with Crippen LogP contribution in [0.3, 0.4) is 0 Å². The second-order valence-electron chi connectivity index (χ2n) is 7.15. The van der Waals surface area contributed by atoms with Crippen molar-refractivity contribution in [3.63, 3.8) is 0 Å². The van der Waals surface area contributed by atoms with Crippen LogP contribution in [-0.4, -0.2) is 23.3 Å². The van der Waals surface area contributed by atoms with E-state index in [1.807, 2.05) is 13.8 Å². The van der Waals surface area contributed by atoms with Crippen LogP contribution in [0.1, 0.15) is 46.0 Å². The Balaban J connectivity index is 1.64. The van der Waals surface area contributed by atoms with Crippen LogP contribution < -0.4 is 5.32 Å². The highest BCUT2D eigenvalue weighted by Crippen LogP contribution is 2.53. The van der Waals surface area contributed by atoms with Crippen LogP contribution in [0.2, 0.25) is 0 Å². The molecule has 4 rings (SSSR count). The first-order valence-corrected chi connectivity index (χ1v) is 6.97. The second-order valence-corrected chi connectivity index (χ2v) is 7.15. The molecule has 2 N–H and O–H groups in total. The summed E-state index contributed by atoms with van der Waals surface area (Å²) >= 11 is 0. The lowest BCUT2D eigenvalue weighted by Crippen LogP contribution is -2.56. The molecule has 0 radical (unpaired) electrons. The summed E-state index contributed by atoms with van der Waals surface area (Å²) in [4.78, 5) is 0. The van der Waals surface area contributed by atoms with Gasteiger partial charge >= 0.3 is 0 Å². The first kappa shape index (κ1) is 11.0. The zero-order valence-electron chi connectivity index (χ0n) is 10.6. The summed E-state index contributed by atoms with van der Waals surface area (Å²) in [5.74, 6) is 3.92. The quantitative estimate of drug-likeness (QED) is 0.768. The standard InChI is InChI=1S/C14H25NO/c1-14(2,16)8-15-13-11-4-9-3-10(6-11)7-12(13)5-9/h9-13,15-16H,3-8H2,1-2H3. The van der Waals surface area contributed by atoms with Crippen LogP contribution in [0.15, 0.2) is 0 Å². The van der Waals surface area contributed by atoms with Gasteiger partial charge in [-0.25, -0.2) is 0 Å². The Morgan fingerprint density at radius 1 is 1.00 bits per heavy atom. The van der Waals surface area contributed by atoms with Crippen LogP contribution in [-0.2, 0) is 0 Å². The summed E-state index contributed by atoms with van der Waals surface area (Å²) in [6.45, 7) is 4.55. The second kappa shape index (κ2) is 3.71. The van der Waals surface area contributed by atoms with E-state index in [1.165, 1.54) is 32.1 Å². The summed E-state index contributed by atoms with van der Waals surface area (Å²) in [6.07, 6.45) is 7.34. The Morgan fingerprint density at radius 3 is 1.94 bits per heavy atom. The molecule has 4 fully saturated rings. The van der Waals surface area contributed by atoms with E-state index in [9.17, 15) is 5.11 Å². The SMILES string of the molecule is CC(C)(O)CNC1C2CC3CC(C2)CC1C3. The zero-order chi connectivity index (χ0) is 11.3. The van der Waals surface area contributed by atoms with Gasteiger partial charge in [0.25, 0.3) is 0 Å². The van der Waals surface area contributed by atoms with Crippen molar-refractivity contribution >= 4 is 0 Å². The normalized spacial score (nSPS) is 46.3. The van der Waals surface area contributed by atoms with Crippen LogP contribution in [0.4, 0.5) is 0 Å². The molecule has 0 aliphatic heterocycles. The largest absolute Gasteiger partial charge is 0.389 e. The molecule has 0 atom stereocenters. The fourth-order valence-corrected chi connectivity index (χ4v) is 4.63. The predicted octanol–water partition coefficient (Wildman–Crippen LogP) is 2.17. The Labute approximate surface area is 98.8 Å². The molecule has 4 aliphatic carbocycles. The Hall–Kier alpha value is -0.0800. The van der Waals surface area contributed by atoms with Crippen molar-refractivity contribution in [3.05, 3.63) is 0 Å². The fraction of sp³-hybridized carbons (Fsp3) is 1.00. The lowest BCUT2D eigenvalue weighted by atomic mass is 9.54. The molecular weight excluding hydrogens is 198 g/mol. The molecule has 0 amide bonds. The molecule has 2 heteroatoms. The molecule has 0 heterocycles. The number of hydrogen-bond donors (Lipinski definition) is 2. The van der Waals surface area contributed by atoms with Crippen LogP contribution in [0.25, 0.3) is 0 Å². The van der Waals surface area contributed by atoms with Crippen molar-refractivity contribution in [2.24, 2.45) is 23.7 Å². The van der Waals surface area contributed by atoms with E-state index in [0.717, 1.165) is 30.2 Å². The van der Waals surface area contributed by atoms with Crippen molar-refractivity contribution in [2.75, 3.05) is 6.54 Å². The number of rotatable bonds is 3. The summed E-state index contributed by atoms with van der Waals surface area (Å²) in [5, 5.41) is 13.5. The highest BCUT2D eigenvalue weighted by Gasteiger charge is 2.48. The molecule has 0 spiro atoms. The van der Waals surface area contributed by atoms with Crippen LogP contribution in [0.5, 0.6) is 0 Å². The zero-order valence-corrected chi connectivity index (χ0v) is 10.6. The highest BCUT2D eigenvalue weighted by molar-refractivity contribution is 5.01. The molecule has 0 aromatic rings. The van der Waals surface area contributed by atoms with Crippen molar-refractivity contribution in [2.45, 2.75) is 57.6 Å². The molecule has 0 aromatic carbocycles. The highest BCUT2D eigenvalue weighted by atomic mass is 16.3. The minimum atomic E-state index is -0.561. The number of nitrogens with one attached hydrogen (secondary N) is 1.